The molecule has 0 bridgehead atoms. The molecule has 0 saturated heterocycles. The van der Waals surface area contributed by atoms with Crippen molar-refractivity contribution in [1.29, 1.82) is 0 Å². The van der Waals surface area contributed by atoms with Gasteiger partial charge in [0.2, 0.25) is 0 Å². The molecular weight excluding hydrogens is 260 g/mol. The number of phenols is 1. The second kappa shape index (κ2) is 6.37. The number of phenolic OH excluding ortho intramolecular Hbond substituents is 1. The maximum atomic E-state index is 13.1. The van der Waals surface area contributed by atoms with E-state index in [0.717, 1.165) is 24.5 Å². The minimum atomic E-state index is -0.585. The van der Waals surface area contributed by atoms with Crippen LogP contribution in [0.25, 0.3) is 0 Å². The van der Waals surface area contributed by atoms with Crippen LogP contribution in [0.2, 0.25) is 0 Å². The third-order valence-electron chi connectivity index (χ3n) is 3.08. The molecule has 1 unspecified atom stereocenters. The first-order valence-electron chi connectivity index (χ1n) is 6.53. The number of nitrogens with one attached hydrogen (secondary N) is 1. The van der Waals surface area contributed by atoms with Crippen molar-refractivity contribution in [2.75, 3.05) is 5.32 Å². The molecule has 0 saturated carbocycles. The van der Waals surface area contributed by atoms with Gasteiger partial charge < -0.3 is 10.4 Å². The summed E-state index contributed by atoms with van der Waals surface area (Å²) < 4.78 is 26.1. The van der Waals surface area contributed by atoms with Crippen LogP contribution in [0.4, 0.5) is 14.5 Å². The van der Waals surface area contributed by atoms with Gasteiger partial charge in [-0.25, -0.2) is 8.78 Å². The molecule has 4 heteroatoms. The van der Waals surface area contributed by atoms with E-state index in [0.29, 0.717) is 5.69 Å². The highest BCUT2D eigenvalue weighted by molar-refractivity contribution is 5.44. The molecule has 20 heavy (non-hydrogen) atoms. The number of rotatable bonds is 5. The standard InChI is InChI=1S/C16H17F2NO/c1-11(2-3-12-4-6-16(20)7-5-12)19-15-9-13(17)8-14(18)10-15/h4-11,19-20H,2-3H2,1H3. The number of benzene rings is 2. The van der Waals surface area contributed by atoms with Gasteiger partial charge in [-0.3, -0.25) is 0 Å². The van der Waals surface area contributed by atoms with Crippen LogP contribution in [0, 0.1) is 11.6 Å². The van der Waals surface area contributed by atoms with Gasteiger partial charge in [0.05, 0.1) is 0 Å². The SMILES string of the molecule is CC(CCc1ccc(O)cc1)Nc1cc(F)cc(F)c1. The summed E-state index contributed by atoms with van der Waals surface area (Å²) in [6.07, 6.45) is 1.65. The van der Waals surface area contributed by atoms with Crippen molar-refractivity contribution in [3.63, 3.8) is 0 Å². The Morgan fingerprint density at radius 3 is 2.25 bits per heavy atom. The molecule has 0 amide bonds. The van der Waals surface area contributed by atoms with Gasteiger partial charge in [0.15, 0.2) is 0 Å². The van der Waals surface area contributed by atoms with Crippen LogP contribution in [0.15, 0.2) is 42.5 Å². The van der Waals surface area contributed by atoms with E-state index in [1.807, 2.05) is 19.1 Å². The zero-order chi connectivity index (χ0) is 14.5. The topological polar surface area (TPSA) is 32.3 Å². The zero-order valence-electron chi connectivity index (χ0n) is 11.2. The highest BCUT2D eigenvalue weighted by Crippen LogP contribution is 2.16. The molecule has 2 aromatic carbocycles. The van der Waals surface area contributed by atoms with E-state index in [-0.39, 0.29) is 11.8 Å². The van der Waals surface area contributed by atoms with Gasteiger partial charge in [0.25, 0.3) is 0 Å². The van der Waals surface area contributed by atoms with Crippen molar-refractivity contribution in [3.8, 4) is 5.75 Å². The average Bonchev–Trinajstić information content (AvgIpc) is 2.37. The maximum absolute atomic E-state index is 13.1. The highest BCUT2D eigenvalue weighted by Gasteiger charge is 2.05. The molecular formula is C16H17F2NO. The number of halogens is 2. The molecule has 0 aliphatic heterocycles. The smallest absolute Gasteiger partial charge is 0.128 e. The molecule has 2 aromatic rings. The molecule has 1 atom stereocenters. The molecule has 2 rings (SSSR count). The fourth-order valence-corrected chi connectivity index (χ4v) is 2.04. The van der Waals surface area contributed by atoms with E-state index in [1.54, 1.807) is 12.1 Å². The summed E-state index contributed by atoms with van der Waals surface area (Å²) in [6, 6.07) is 10.5. The van der Waals surface area contributed by atoms with Gasteiger partial charge in [-0.1, -0.05) is 12.1 Å². The summed E-state index contributed by atoms with van der Waals surface area (Å²) in [5, 5.41) is 12.3. The summed E-state index contributed by atoms with van der Waals surface area (Å²) in [7, 11) is 0. The number of hydrogen-bond acceptors (Lipinski definition) is 2. The Kier molecular flexibility index (Phi) is 4.56. The molecule has 0 radical (unpaired) electrons. The van der Waals surface area contributed by atoms with E-state index in [4.69, 9.17) is 0 Å². The van der Waals surface area contributed by atoms with Gasteiger partial charge in [0, 0.05) is 17.8 Å². The van der Waals surface area contributed by atoms with Crippen molar-refractivity contribution in [2.24, 2.45) is 0 Å². The summed E-state index contributed by atoms with van der Waals surface area (Å²) in [5.74, 6) is -0.924. The summed E-state index contributed by atoms with van der Waals surface area (Å²) in [4.78, 5) is 0. The quantitative estimate of drug-likeness (QED) is 0.862. The number of anilines is 1. The average molecular weight is 277 g/mol. The summed E-state index contributed by atoms with van der Waals surface area (Å²) >= 11 is 0. The highest BCUT2D eigenvalue weighted by atomic mass is 19.1. The van der Waals surface area contributed by atoms with E-state index < -0.39 is 11.6 Å². The minimum Gasteiger partial charge on any atom is -0.508 e. The lowest BCUT2D eigenvalue weighted by Gasteiger charge is -2.15. The third-order valence-corrected chi connectivity index (χ3v) is 3.08. The van der Waals surface area contributed by atoms with Crippen molar-refractivity contribution >= 4 is 5.69 Å². The lowest BCUT2D eigenvalue weighted by Crippen LogP contribution is -2.16. The van der Waals surface area contributed by atoms with Crippen molar-refractivity contribution in [2.45, 2.75) is 25.8 Å². The maximum Gasteiger partial charge on any atom is 0.128 e. The van der Waals surface area contributed by atoms with E-state index >= 15 is 0 Å². The minimum absolute atomic E-state index is 0.0880. The molecule has 2 nitrogen and oxygen atoms in total. The predicted molar refractivity (Wildman–Crippen MR) is 75.9 cm³/mol. The fraction of sp³-hybridized carbons (Fsp3) is 0.250. The molecule has 0 aromatic heterocycles. The second-order valence-corrected chi connectivity index (χ2v) is 4.91. The van der Waals surface area contributed by atoms with Crippen LogP contribution in [-0.2, 0) is 6.42 Å². The largest absolute Gasteiger partial charge is 0.508 e. The third kappa shape index (κ3) is 4.23. The molecule has 0 fully saturated rings. The Morgan fingerprint density at radius 1 is 1.05 bits per heavy atom. The molecule has 0 aliphatic carbocycles. The molecule has 106 valence electrons. The van der Waals surface area contributed by atoms with Crippen LogP contribution in [0.1, 0.15) is 18.9 Å². The fourth-order valence-electron chi connectivity index (χ4n) is 2.04. The molecule has 2 N–H and O–H groups in total. The van der Waals surface area contributed by atoms with Gasteiger partial charge in [-0.05, 0) is 49.6 Å². The molecule has 0 heterocycles. The first-order chi connectivity index (χ1) is 9.52. The zero-order valence-corrected chi connectivity index (χ0v) is 11.2. The van der Waals surface area contributed by atoms with E-state index in [2.05, 4.69) is 5.32 Å². The number of aromatic hydroxyl groups is 1. The molecule has 0 aliphatic rings. The predicted octanol–water partition coefficient (Wildman–Crippen LogP) is 4.10. The van der Waals surface area contributed by atoms with Crippen molar-refractivity contribution in [1.82, 2.24) is 0 Å². The first-order valence-corrected chi connectivity index (χ1v) is 6.53. The second-order valence-electron chi connectivity index (χ2n) is 4.91. The Bertz CT molecular complexity index is 549. The van der Waals surface area contributed by atoms with Gasteiger partial charge in [0.1, 0.15) is 17.4 Å². The summed E-state index contributed by atoms with van der Waals surface area (Å²) in [5.41, 5.74) is 1.56. The van der Waals surface area contributed by atoms with E-state index in [9.17, 15) is 13.9 Å². The Balaban J connectivity index is 1.88. The Morgan fingerprint density at radius 2 is 1.65 bits per heavy atom. The van der Waals surface area contributed by atoms with Gasteiger partial charge in [-0.2, -0.15) is 0 Å². The molecule has 0 spiro atoms. The monoisotopic (exact) mass is 277 g/mol. The number of aryl methyl sites for hydroxylation is 1. The van der Waals surface area contributed by atoms with Crippen LogP contribution in [0.5, 0.6) is 5.75 Å². The summed E-state index contributed by atoms with van der Waals surface area (Å²) in [6.45, 7) is 1.96. The van der Waals surface area contributed by atoms with Crippen LogP contribution < -0.4 is 5.32 Å². The van der Waals surface area contributed by atoms with Crippen molar-refractivity contribution in [3.05, 3.63) is 59.7 Å². The van der Waals surface area contributed by atoms with Gasteiger partial charge >= 0.3 is 0 Å². The lowest BCUT2D eigenvalue weighted by molar-refractivity contribution is 0.475. The van der Waals surface area contributed by atoms with Crippen LogP contribution >= 0.6 is 0 Å². The first kappa shape index (κ1) is 14.3. The number of hydrogen-bond donors (Lipinski definition) is 2. The van der Waals surface area contributed by atoms with Crippen LogP contribution in [-0.4, -0.2) is 11.1 Å². The lowest BCUT2D eigenvalue weighted by atomic mass is 10.1. The van der Waals surface area contributed by atoms with E-state index in [1.165, 1.54) is 12.1 Å². The Labute approximate surface area is 117 Å². The van der Waals surface area contributed by atoms with Crippen LogP contribution in [0.3, 0.4) is 0 Å². The Hall–Kier alpha value is -2.10. The van der Waals surface area contributed by atoms with Gasteiger partial charge in [-0.15, -0.1) is 0 Å². The normalized spacial score (nSPS) is 12.2. The van der Waals surface area contributed by atoms with Crippen molar-refractivity contribution < 1.29 is 13.9 Å².